The Hall–Kier alpha value is -1.29. The van der Waals surface area contributed by atoms with Gasteiger partial charge in [-0.2, -0.15) is 0 Å². The standard InChI is InChI=1S/C11H17NO3/c1-4-15-11(14)10-5-6-12(9(10)3)8(2)7-13/h5-6,8,13H,4,7H2,1-3H3. The zero-order chi connectivity index (χ0) is 11.4. The lowest BCUT2D eigenvalue weighted by molar-refractivity contribution is 0.0525. The molecule has 0 bridgehead atoms. The van der Waals surface area contributed by atoms with E-state index in [4.69, 9.17) is 9.84 Å². The molecule has 1 N–H and O–H groups in total. The van der Waals surface area contributed by atoms with Crippen molar-refractivity contribution in [3.63, 3.8) is 0 Å². The van der Waals surface area contributed by atoms with E-state index in [1.54, 1.807) is 19.2 Å². The number of esters is 1. The largest absolute Gasteiger partial charge is 0.462 e. The average Bonchev–Trinajstić information content (AvgIpc) is 2.59. The van der Waals surface area contributed by atoms with Gasteiger partial charge in [0.05, 0.1) is 24.8 Å². The maximum atomic E-state index is 11.5. The first kappa shape index (κ1) is 11.8. The number of rotatable bonds is 4. The van der Waals surface area contributed by atoms with Crippen LogP contribution < -0.4 is 0 Å². The Kier molecular flexibility index (Phi) is 3.91. The second-order valence-corrected chi connectivity index (χ2v) is 3.47. The lowest BCUT2D eigenvalue weighted by atomic mass is 10.2. The summed E-state index contributed by atoms with van der Waals surface area (Å²) in [6.07, 6.45) is 1.79. The van der Waals surface area contributed by atoms with Gasteiger partial charge in [-0.3, -0.25) is 0 Å². The van der Waals surface area contributed by atoms with E-state index in [2.05, 4.69) is 0 Å². The summed E-state index contributed by atoms with van der Waals surface area (Å²) in [6, 6.07) is 1.70. The van der Waals surface area contributed by atoms with Crippen molar-refractivity contribution in [3.8, 4) is 0 Å². The fourth-order valence-electron chi connectivity index (χ4n) is 1.52. The predicted molar refractivity (Wildman–Crippen MR) is 56.9 cm³/mol. The molecule has 0 aliphatic carbocycles. The molecule has 0 spiro atoms. The van der Waals surface area contributed by atoms with E-state index in [9.17, 15) is 4.79 Å². The molecule has 0 fully saturated rings. The zero-order valence-electron chi connectivity index (χ0n) is 9.36. The van der Waals surface area contributed by atoms with E-state index in [0.29, 0.717) is 12.2 Å². The Morgan fingerprint density at radius 3 is 2.87 bits per heavy atom. The van der Waals surface area contributed by atoms with Crippen LogP contribution in [0.4, 0.5) is 0 Å². The molecule has 0 saturated carbocycles. The van der Waals surface area contributed by atoms with Crippen molar-refractivity contribution < 1.29 is 14.6 Å². The van der Waals surface area contributed by atoms with Gasteiger partial charge in [0.15, 0.2) is 0 Å². The van der Waals surface area contributed by atoms with Gasteiger partial charge in [0, 0.05) is 11.9 Å². The Morgan fingerprint density at radius 1 is 1.67 bits per heavy atom. The summed E-state index contributed by atoms with van der Waals surface area (Å²) in [5.41, 5.74) is 1.40. The summed E-state index contributed by atoms with van der Waals surface area (Å²) >= 11 is 0. The highest BCUT2D eigenvalue weighted by Crippen LogP contribution is 2.16. The van der Waals surface area contributed by atoms with Crippen LogP contribution in [0, 0.1) is 6.92 Å². The number of hydrogen-bond acceptors (Lipinski definition) is 3. The van der Waals surface area contributed by atoms with Gasteiger partial charge in [-0.05, 0) is 26.8 Å². The van der Waals surface area contributed by atoms with Gasteiger partial charge < -0.3 is 14.4 Å². The molecule has 1 heterocycles. The van der Waals surface area contributed by atoms with Crippen molar-refractivity contribution in [2.75, 3.05) is 13.2 Å². The maximum absolute atomic E-state index is 11.5. The molecule has 1 aromatic rings. The second kappa shape index (κ2) is 4.98. The summed E-state index contributed by atoms with van der Waals surface area (Å²) in [7, 11) is 0. The third-order valence-corrected chi connectivity index (χ3v) is 2.41. The van der Waals surface area contributed by atoms with E-state index < -0.39 is 0 Å². The first-order valence-corrected chi connectivity index (χ1v) is 5.07. The van der Waals surface area contributed by atoms with Gasteiger partial charge >= 0.3 is 5.97 Å². The molecule has 1 unspecified atom stereocenters. The Bertz CT molecular complexity index is 344. The van der Waals surface area contributed by atoms with Gasteiger partial charge in [-0.15, -0.1) is 0 Å². The molecular weight excluding hydrogens is 194 g/mol. The Balaban J connectivity index is 2.93. The monoisotopic (exact) mass is 211 g/mol. The van der Waals surface area contributed by atoms with Crippen molar-refractivity contribution in [1.82, 2.24) is 4.57 Å². The minimum absolute atomic E-state index is 0.0202. The lowest BCUT2D eigenvalue weighted by Crippen LogP contribution is -2.12. The Morgan fingerprint density at radius 2 is 2.33 bits per heavy atom. The highest BCUT2D eigenvalue weighted by Gasteiger charge is 2.15. The fourth-order valence-corrected chi connectivity index (χ4v) is 1.52. The minimum atomic E-state index is -0.307. The van der Waals surface area contributed by atoms with E-state index in [1.807, 2.05) is 18.4 Å². The van der Waals surface area contributed by atoms with Crippen molar-refractivity contribution in [2.45, 2.75) is 26.8 Å². The first-order valence-electron chi connectivity index (χ1n) is 5.07. The maximum Gasteiger partial charge on any atom is 0.339 e. The van der Waals surface area contributed by atoms with Crippen LogP contribution in [-0.2, 0) is 4.74 Å². The van der Waals surface area contributed by atoms with E-state index >= 15 is 0 Å². The quantitative estimate of drug-likeness (QED) is 0.768. The van der Waals surface area contributed by atoms with Crippen LogP contribution in [-0.4, -0.2) is 28.9 Å². The number of hydrogen-bond donors (Lipinski definition) is 1. The van der Waals surface area contributed by atoms with Crippen molar-refractivity contribution in [3.05, 3.63) is 23.5 Å². The van der Waals surface area contributed by atoms with E-state index in [-0.39, 0.29) is 18.6 Å². The highest BCUT2D eigenvalue weighted by atomic mass is 16.5. The summed E-state index contributed by atoms with van der Waals surface area (Å²) in [4.78, 5) is 11.5. The van der Waals surface area contributed by atoms with Crippen molar-refractivity contribution in [1.29, 1.82) is 0 Å². The van der Waals surface area contributed by atoms with Gasteiger partial charge in [-0.1, -0.05) is 0 Å². The molecular formula is C11H17NO3. The topological polar surface area (TPSA) is 51.5 Å². The molecule has 0 amide bonds. The smallest absolute Gasteiger partial charge is 0.339 e. The normalized spacial score (nSPS) is 12.5. The fraction of sp³-hybridized carbons (Fsp3) is 0.545. The summed E-state index contributed by atoms with van der Waals surface area (Å²) in [5.74, 6) is -0.307. The van der Waals surface area contributed by atoms with Crippen LogP contribution >= 0.6 is 0 Å². The molecule has 1 atom stereocenters. The molecule has 84 valence electrons. The number of aliphatic hydroxyl groups is 1. The van der Waals surface area contributed by atoms with Gasteiger partial charge in [0.1, 0.15) is 0 Å². The third-order valence-electron chi connectivity index (χ3n) is 2.41. The molecule has 15 heavy (non-hydrogen) atoms. The number of ether oxygens (including phenoxy) is 1. The molecule has 0 radical (unpaired) electrons. The Labute approximate surface area is 89.5 Å². The van der Waals surface area contributed by atoms with Gasteiger partial charge in [-0.25, -0.2) is 4.79 Å². The summed E-state index contributed by atoms with van der Waals surface area (Å²) < 4.78 is 6.79. The van der Waals surface area contributed by atoms with Crippen LogP contribution in [0.3, 0.4) is 0 Å². The number of carbonyl (C=O) groups is 1. The highest BCUT2D eigenvalue weighted by molar-refractivity contribution is 5.90. The van der Waals surface area contributed by atoms with E-state index in [0.717, 1.165) is 5.69 Å². The molecule has 1 rings (SSSR count). The second-order valence-electron chi connectivity index (χ2n) is 3.47. The van der Waals surface area contributed by atoms with Crippen molar-refractivity contribution in [2.24, 2.45) is 0 Å². The van der Waals surface area contributed by atoms with E-state index in [1.165, 1.54) is 0 Å². The molecule has 0 aliphatic heterocycles. The van der Waals surface area contributed by atoms with Crippen LogP contribution in [0.15, 0.2) is 12.3 Å². The van der Waals surface area contributed by atoms with Crippen LogP contribution in [0.2, 0.25) is 0 Å². The first-order chi connectivity index (χ1) is 7.11. The number of carbonyl (C=O) groups excluding carboxylic acids is 1. The third kappa shape index (κ3) is 2.39. The van der Waals surface area contributed by atoms with Crippen molar-refractivity contribution >= 4 is 5.97 Å². The van der Waals surface area contributed by atoms with Crippen LogP contribution in [0.1, 0.15) is 35.9 Å². The number of nitrogens with zero attached hydrogens (tertiary/aromatic N) is 1. The molecule has 0 aliphatic rings. The van der Waals surface area contributed by atoms with Gasteiger partial charge in [0.25, 0.3) is 0 Å². The van der Waals surface area contributed by atoms with Crippen LogP contribution in [0.5, 0.6) is 0 Å². The molecule has 0 aromatic carbocycles. The minimum Gasteiger partial charge on any atom is -0.462 e. The molecule has 4 heteroatoms. The number of aliphatic hydroxyl groups excluding tert-OH is 1. The zero-order valence-corrected chi connectivity index (χ0v) is 9.36. The SMILES string of the molecule is CCOC(=O)c1ccn(C(C)CO)c1C. The average molecular weight is 211 g/mol. The molecule has 0 saturated heterocycles. The number of aromatic nitrogens is 1. The van der Waals surface area contributed by atoms with Gasteiger partial charge in [0.2, 0.25) is 0 Å². The lowest BCUT2D eigenvalue weighted by Gasteiger charge is -2.13. The predicted octanol–water partition coefficient (Wildman–Crippen LogP) is 1.53. The summed E-state index contributed by atoms with van der Waals surface area (Å²) in [6.45, 7) is 5.94. The van der Waals surface area contributed by atoms with Crippen LogP contribution in [0.25, 0.3) is 0 Å². The summed E-state index contributed by atoms with van der Waals surface area (Å²) in [5, 5.41) is 9.03. The molecule has 1 aromatic heterocycles. The molecule has 4 nitrogen and oxygen atoms in total.